The number of carbonyl (C=O) groups is 1. The highest BCUT2D eigenvalue weighted by Crippen LogP contribution is 2.60. The first-order chi connectivity index (χ1) is 7.83. The van der Waals surface area contributed by atoms with Gasteiger partial charge in [-0.15, -0.1) is 0 Å². The first-order valence-corrected chi connectivity index (χ1v) is 6.26. The van der Waals surface area contributed by atoms with Crippen molar-refractivity contribution in [2.24, 2.45) is 23.5 Å². The van der Waals surface area contributed by atoms with Gasteiger partial charge >= 0.3 is 5.97 Å². The van der Waals surface area contributed by atoms with E-state index in [1.54, 1.807) is 0 Å². The number of aliphatic carboxylic acids is 1. The number of rotatable bonds is 2. The van der Waals surface area contributed by atoms with Crippen LogP contribution >= 0.6 is 0 Å². The molecule has 0 aromatic rings. The normalized spacial score (nSPS) is 53.7. The first-order valence-electron chi connectivity index (χ1n) is 6.26. The van der Waals surface area contributed by atoms with Crippen LogP contribution in [0.1, 0.15) is 32.1 Å². The molecule has 96 valence electrons. The number of nitrogens with two attached hydrogens (primary N) is 1. The fraction of sp³-hybridized carbons (Fsp3) is 0.917. The van der Waals surface area contributed by atoms with Gasteiger partial charge in [0.1, 0.15) is 6.04 Å². The van der Waals surface area contributed by atoms with E-state index in [1.165, 1.54) is 0 Å². The zero-order chi connectivity index (χ0) is 12.4. The van der Waals surface area contributed by atoms with E-state index in [0.29, 0.717) is 25.2 Å². The summed E-state index contributed by atoms with van der Waals surface area (Å²) in [5.41, 5.74) is 3.87. The number of carboxylic acids is 1. The van der Waals surface area contributed by atoms with E-state index in [1.807, 2.05) is 0 Å². The minimum Gasteiger partial charge on any atom is -0.480 e. The first kappa shape index (κ1) is 11.4. The molecule has 4 aliphatic carbocycles. The van der Waals surface area contributed by atoms with Crippen LogP contribution in [0.3, 0.4) is 0 Å². The molecule has 0 radical (unpaired) electrons. The minimum atomic E-state index is -1.07. The Morgan fingerprint density at radius 2 is 2.00 bits per heavy atom. The van der Waals surface area contributed by atoms with Gasteiger partial charge in [-0.1, -0.05) is 0 Å². The topological polar surface area (TPSA) is 104 Å². The predicted molar refractivity (Wildman–Crippen MR) is 59.1 cm³/mol. The quantitative estimate of drug-likeness (QED) is 0.531. The van der Waals surface area contributed by atoms with Gasteiger partial charge in [0.2, 0.25) is 0 Å². The summed E-state index contributed by atoms with van der Waals surface area (Å²) in [6.45, 7) is 0. The summed E-state index contributed by atoms with van der Waals surface area (Å²) < 4.78 is 0. The van der Waals surface area contributed by atoms with E-state index >= 15 is 0 Å². The Hall–Kier alpha value is -0.650. The second-order valence-electron chi connectivity index (χ2n) is 6.37. The van der Waals surface area contributed by atoms with Crippen molar-refractivity contribution >= 4 is 5.97 Å². The molecular weight excluding hydrogens is 222 g/mol. The lowest BCUT2D eigenvalue weighted by molar-refractivity contribution is -0.236. The predicted octanol–water partition coefficient (Wildman–Crippen LogP) is -0.300. The third-order valence-corrected chi connectivity index (χ3v) is 5.02. The van der Waals surface area contributed by atoms with Gasteiger partial charge in [-0.25, -0.2) is 0 Å². The van der Waals surface area contributed by atoms with Crippen molar-refractivity contribution in [2.75, 3.05) is 0 Å². The number of hydrogen-bond acceptors (Lipinski definition) is 4. The van der Waals surface area contributed by atoms with Gasteiger partial charge in [0, 0.05) is 12.3 Å². The SMILES string of the molecule is N[C@H](C(=O)O)[C@@H]1[C@@H]2C[C@@H]3CC1(O)C[C@@](O)(C3)C2. The van der Waals surface area contributed by atoms with Gasteiger partial charge < -0.3 is 21.1 Å². The smallest absolute Gasteiger partial charge is 0.320 e. The lowest BCUT2D eigenvalue weighted by Gasteiger charge is -2.62. The highest BCUT2D eigenvalue weighted by molar-refractivity contribution is 5.74. The molecule has 4 rings (SSSR count). The van der Waals surface area contributed by atoms with E-state index in [0.717, 1.165) is 12.8 Å². The highest BCUT2D eigenvalue weighted by Gasteiger charge is 2.63. The Morgan fingerprint density at radius 3 is 2.53 bits per heavy atom. The summed E-state index contributed by atoms with van der Waals surface area (Å²) in [5, 5.41) is 30.0. The molecule has 5 nitrogen and oxygen atoms in total. The number of hydrogen-bond donors (Lipinski definition) is 4. The molecule has 4 fully saturated rings. The average Bonchev–Trinajstić information content (AvgIpc) is 2.11. The molecule has 0 saturated heterocycles. The molecular formula is C12H19NO4. The summed E-state index contributed by atoms with van der Waals surface area (Å²) in [5.74, 6) is -1.08. The summed E-state index contributed by atoms with van der Waals surface area (Å²) in [4.78, 5) is 11.0. The Bertz CT molecular complexity index is 374. The summed E-state index contributed by atoms with van der Waals surface area (Å²) in [6, 6.07) is -1.02. The minimum absolute atomic E-state index is 0.0531. The molecule has 4 bridgehead atoms. The van der Waals surface area contributed by atoms with Crippen molar-refractivity contribution in [1.82, 2.24) is 0 Å². The maximum Gasteiger partial charge on any atom is 0.320 e. The van der Waals surface area contributed by atoms with Gasteiger partial charge in [0.05, 0.1) is 11.2 Å². The van der Waals surface area contributed by atoms with E-state index in [4.69, 9.17) is 10.8 Å². The Labute approximate surface area is 99.6 Å². The molecule has 0 aliphatic heterocycles. The van der Waals surface area contributed by atoms with Crippen LogP contribution in [0.15, 0.2) is 0 Å². The Kier molecular flexibility index (Phi) is 2.16. The largest absolute Gasteiger partial charge is 0.480 e. The maximum absolute atomic E-state index is 11.0. The summed E-state index contributed by atoms with van der Waals surface area (Å²) >= 11 is 0. The Balaban J connectivity index is 1.95. The van der Waals surface area contributed by atoms with Crippen LogP contribution in [0, 0.1) is 17.8 Å². The highest BCUT2D eigenvalue weighted by atomic mass is 16.4. The lowest BCUT2D eigenvalue weighted by atomic mass is 9.47. The van der Waals surface area contributed by atoms with Crippen LogP contribution in [0.25, 0.3) is 0 Å². The zero-order valence-corrected chi connectivity index (χ0v) is 9.67. The zero-order valence-electron chi connectivity index (χ0n) is 9.67. The standard InChI is InChI=1S/C12H19NO4/c13-9(10(14)15)8-7-1-6-2-11(16,4-7)5-12(8,17)3-6/h6-9,16-17H,1-5,13H2,(H,14,15)/t6-,7+,8-,9-,11+,12?/m0/s1. The van der Waals surface area contributed by atoms with Crippen molar-refractivity contribution in [3.05, 3.63) is 0 Å². The second-order valence-corrected chi connectivity index (χ2v) is 6.37. The monoisotopic (exact) mass is 241 g/mol. The molecule has 4 saturated carbocycles. The fourth-order valence-electron chi connectivity index (χ4n) is 4.89. The molecule has 6 atom stereocenters. The summed E-state index contributed by atoms with van der Waals surface area (Å²) in [6.07, 6.45) is 3.13. The van der Waals surface area contributed by atoms with Crippen molar-refractivity contribution in [1.29, 1.82) is 0 Å². The summed E-state index contributed by atoms with van der Waals surface area (Å²) in [7, 11) is 0. The second kappa shape index (κ2) is 3.22. The van der Waals surface area contributed by atoms with Gasteiger partial charge in [-0.2, -0.15) is 0 Å². The molecule has 1 unspecified atom stereocenters. The Morgan fingerprint density at radius 1 is 1.29 bits per heavy atom. The van der Waals surface area contributed by atoms with Crippen LogP contribution in [0.5, 0.6) is 0 Å². The molecule has 0 spiro atoms. The van der Waals surface area contributed by atoms with E-state index in [2.05, 4.69) is 0 Å². The maximum atomic E-state index is 11.0. The van der Waals surface area contributed by atoms with Crippen molar-refractivity contribution in [3.63, 3.8) is 0 Å². The molecule has 0 aromatic carbocycles. The molecule has 0 amide bonds. The number of carboxylic acid groups (broad SMARTS) is 1. The molecule has 17 heavy (non-hydrogen) atoms. The van der Waals surface area contributed by atoms with Gasteiger partial charge in [-0.05, 0) is 37.5 Å². The van der Waals surface area contributed by atoms with Crippen LogP contribution in [-0.4, -0.2) is 38.5 Å². The van der Waals surface area contributed by atoms with Crippen LogP contribution in [-0.2, 0) is 4.79 Å². The molecule has 5 heteroatoms. The van der Waals surface area contributed by atoms with Gasteiger partial charge in [-0.3, -0.25) is 4.79 Å². The van der Waals surface area contributed by atoms with Gasteiger partial charge in [0.15, 0.2) is 0 Å². The number of aliphatic hydroxyl groups is 2. The van der Waals surface area contributed by atoms with Crippen LogP contribution < -0.4 is 5.73 Å². The third kappa shape index (κ3) is 1.53. The van der Waals surface area contributed by atoms with E-state index in [9.17, 15) is 15.0 Å². The van der Waals surface area contributed by atoms with Gasteiger partial charge in [0.25, 0.3) is 0 Å². The average molecular weight is 241 g/mol. The van der Waals surface area contributed by atoms with E-state index < -0.39 is 29.1 Å². The fourth-order valence-corrected chi connectivity index (χ4v) is 4.89. The molecule has 0 heterocycles. The van der Waals surface area contributed by atoms with Crippen LogP contribution in [0.2, 0.25) is 0 Å². The molecule has 0 aromatic heterocycles. The molecule has 5 N–H and O–H groups in total. The van der Waals surface area contributed by atoms with Crippen molar-refractivity contribution in [2.45, 2.75) is 49.3 Å². The van der Waals surface area contributed by atoms with Crippen molar-refractivity contribution < 1.29 is 20.1 Å². The van der Waals surface area contributed by atoms with Crippen LogP contribution in [0.4, 0.5) is 0 Å². The van der Waals surface area contributed by atoms with Crippen molar-refractivity contribution in [3.8, 4) is 0 Å². The van der Waals surface area contributed by atoms with E-state index in [-0.39, 0.29) is 5.92 Å². The molecule has 4 aliphatic rings. The third-order valence-electron chi connectivity index (χ3n) is 5.02. The lowest BCUT2D eigenvalue weighted by Crippen LogP contribution is -2.68.